The Morgan fingerprint density at radius 2 is 2.00 bits per heavy atom. The third-order valence-electron chi connectivity index (χ3n) is 1.60. The van der Waals surface area contributed by atoms with Crippen molar-refractivity contribution >= 4 is 5.97 Å². The summed E-state index contributed by atoms with van der Waals surface area (Å²) in [6.45, 7) is 6.30. The SMILES string of the molecule is CCOC(C)COC(=O)C(C)OC. The van der Waals surface area contributed by atoms with Crippen molar-refractivity contribution in [2.45, 2.75) is 33.0 Å². The Kier molecular flexibility index (Phi) is 6.54. The molecule has 0 saturated carbocycles. The van der Waals surface area contributed by atoms with Gasteiger partial charge in [0, 0.05) is 13.7 Å². The van der Waals surface area contributed by atoms with Crippen LogP contribution in [0, 0.1) is 0 Å². The van der Waals surface area contributed by atoms with Crippen molar-refractivity contribution in [2.24, 2.45) is 0 Å². The lowest BCUT2D eigenvalue weighted by Gasteiger charge is -2.14. The highest BCUT2D eigenvalue weighted by atomic mass is 16.6. The van der Waals surface area contributed by atoms with Gasteiger partial charge in [-0.05, 0) is 20.8 Å². The van der Waals surface area contributed by atoms with Crippen LogP contribution in [0.2, 0.25) is 0 Å². The molecular formula is C9H18O4. The Balaban J connectivity index is 3.57. The molecule has 2 atom stereocenters. The van der Waals surface area contributed by atoms with Crippen molar-refractivity contribution < 1.29 is 19.0 Å². The van der Waals surface area contributed by atoms with Gasteiger partial charge >= 0.3 is 5.97 Å². The maximum absolute atomic E-state index is 11.1. The van der Waals surface area contributed by atoms with E-state index >= 15 is 0 Å². The molecule has 0 rings (SSSR count). The Labute approximate surface area is 79.2 Å². The van der Waals surface area contributed by atoms with E-state index in [2.05, 4.69) is 0 Å². The zero-order chi connectivity index (χ0) is 10.3. The molecule has 0 aromatic carbocycles. The fourth-order valence-corrected chi connectivity index (χ4v) is 0.746. The van der Waals surface area contributed by atoms with Gasteiger partial charge in [-0.2, -0.15) is 0 Å². The summed E-state index contributed by atoms with van der Waals surface area (Å²) in [6.07, 6.45) is -0.563. The molecule has 13 heavy (non-hydrogen) atoms. The van der Waals surface area contributed by atoms with Gasteiger partial charge in [-0.1, -0.05) is 0 Å². The van der Waals surface area contributed by atoms with E-state index in [-0.39, 0.29) is 18.7 Å². The predicted molar refractivity (Wildman–Crippen MR) is 48.5 cm³/mol. The van der Waals surface area contributed by atoms with Crippen LogP contribution in [-0.4, -0.2) is 38.5 Å². The fourth-order valence-electron chi connectivity index (χ4n) is 0.746. The van der Waals surface area contributed by atoms with E-state index < -0.39 is 6.10 Å². The van der Waals surface area contributed by atoms with E-state index in [0.717, 1.165) is 0 Å². The van der Waals surface area contributed by atoms with E-state index in [1.165, 1.54) is 7.11 Å². The van der Waals surface area contributed by atoms with E-state index in [1.54, 1.807) is 6.92 Å². The summed E-state index contributed by atoms with van der Waals surface area (Å²) in [6, 6.07) is 0. The standard InChI is InChI=1S/C9H18O4/c1-5-12-7(2)6-13-9(10)8(3)11-4/h7-8H,5-6H2,1-4H3. The first-order valence-electron chi connectivity index (χ1n) is 4.42. The van der Waals surface area contributed by atoms with Gasteiger partial charge in [-0.3, -0.25) is 0 Å². The Hall–Kier alpha value is -0.610. The molecule has 78 valence electrons. The van der Waals surface area contributed by atoms with Crippen LogP contribution in [0.25, 0.3) is 0 Å². The quantitative estimate of drug-likeness (QED) is 0.586. The number of hydrogen-bond acceptors (Lipinski definition) is 4. The molecule has 0 N–H and O–H groups in total. The number of esters is 1. The number of methoxy groups -OCH3 is 1. The molecule has 0 aromatic rings. The molecule has 0 fully saturated rings. The van der Waals surface area contributed by atoms with Crippen molar-refractivity contribution in [1.29, 1.82) is 0 Å². The highest BCUT2D eigenvalue weighted by Gasteiger charge is 2.14. The first-order valence-corrected chi connectivity index (χ1v) is 4.42. The normalized spacial score (nSPS) is 15.1. The molecule has 0 aliphatic carbocycles. The Morgan fingerprint density at radius 3 is 2.46 bits per heavy atom. The molecule has 0 aliphatic rings. The summed E-state index contributed by atoms with van der Waals surface area (Å²) >= 11 is 0. The van der Waals surface area contributed by atoms with Crippen molar-refractivity contribution in [3.05, 3.63) is 0 Å². The largest absolute Gasteiger partial charge is 0.461 e. The molecule has 0 amide bonds. The summed E-state index contributed by atoms with van der Waals surface area (Å²) in [4.78, 5) is 11.1. The van der Waals surface area contributed by atoms with Gasteiger partial charge in [0.05, 0.1) is 6.10 Å². The lowest BCUT2D eigenvalue weighted by Crippen LogP contribution is -2.26. The first kappa shape index (κ1) is 12.4. The third kappa shape index (κ3) is 5.60. The second-order valence-electron chi connectivity index (χ2n) is 2.77. The first-order chi connectivity index (χ1) is 6.11. The van der Waals surface area contributed by atoms with E-state index in [0.29, 0.717) is 6.61 Å². The van der Waals surface area contributed by atoms with Crippen molar-refractivity contribution in [3.63, 3.8) is 0 Å². The minimum atomic E-state index is -0.506. The molecular weight excluding hydrogens is 172 g/mol. The van der Waals surface area contributed by atoms with Gasteiger partial charge in [0.2, 0.25) is 0 Å². The van der Waals surface area contributed by atoms with Gasteiger partial charge in [0.1, 0.15) is 6.61 Å². The highest BCUT2D eigenvalue weighted by Crippen LogP contribution is 1.96. The number of hydrogen-bond donors (Lipinski definition) is 0. The fraction of sp³-hybridized carbons (Fsp3) is 0.889. The second kappa shape index (κ2) is 6.86. The number of rotatable bonds is 6. The summed E-state index contributed by atoms with van der Waals surface area (Å²) in [5.41, 5.74) is 0. The Morgan fingerprint density at radius 1 is 1.38 bits per heavy atom. The lowest BCUT2D eigenvalue weighted by molar-refractivity contribution is -0.157. The van der Waals surface area contributed by atoms with Crippen LogP contribution in [0.3, 0.4) is 0 Å². The summed E-state index contributed by atoms with van der Waals surface area (Å²) in [5.74, 6) is -0.353. The summed E-state index contributed by atoms with van der Waals surface area (Å²) in [5, 5.41) is 0. The second-order valence-corrected chi connectivity index (χ2v) is 2.77. The van der Waals surface area contributed by atoms with Crippen molar-refractivity contribution in [3.8, 4) is 0 Å². The smallest absolute Gasteiger partial charge is 0.335 e. The van der Waals surface area contributed by atoms with E-state index in [4.69, 9.17) is 14.2 Å². The van der Waals surface area contributed by atoms with Crippen LogP contribution in [0.1, 0.15) is 20.8 Å². The molecule has 0 heterocycles. The molecule has 0 aliphatic heterocycles. The molecule has 4 nitrogen and oxygen atoms in total. The third-order valence-corrected chi connectivity index (χ3v) is 1.60. The maximum Gasteiger partial charge on any atom is 0.335 e. The molecule has 0 aromatic heterocycles. The van der Waals surface area contributed by atoms with Crippen LogP contribution < -0.4 is 0 Å². The number of carbonyl (C=O) groups excluding carboxylic acids is 1. The molecule has 0 saturated heterocycles. The summed E-state index contributed by atoms with van der Waals surface area (Å²) in [7, 11) is 1.47. The van der Waals surface area contributed by atoms with Gasteiger partial charge in [-0.25, -0.2) is 4.79 Å². The van der Waals surface area contributed by atoms with Crippen molar-refractivity contribution in [2.75, 3.05) is 20.3 Å². The van der Waals surface area contributed by atoms with E-state index in [9.17, 15) is 4.79 Å². The van der Waals surface area contributed by atoms with Crippen LogP contribution in [0.4, 0.5) is 0 Å². The highest BCUT2D eigenvalue weighted by molar-refractivity contribution is 5.74. The van der Waals surface area contributed by atoms with Crippen LogP contribution >= 0.6 is 0 Å². The minimum absolute atomic E-state index is 0.0574. The number of carbonyl (C=O) groups is 1. The zero-order valence-corrected chi connectivity index (χ0v) is 8.70. The average Bonchev–Trinajstić information content (AvgIpc) is 2.13. The van der Waals surface area contributed by atoms with Crippen LogP contribution in [0.5, 0.6) is 0 Å². The predicted octanol–water partition coefficient (Wildman–Crippen LogP) is 0.990. The van der Waals surface area contributed by atoms with Crippen molar-refractivity contribution in [1.82, 2.24) is 0 Å². The molecule has 0 radical (unpaired) electrons. The summed E-state index contributed by atoms with van der Waals surface area (Å²) < 4.78 is 14.9. The maximum atomic E-state index is 11.1. The molecule has 2 unspecified atom stereocenters. The van der Waals surface area contributed by atoms with Gasteiger partial charge in [0.25, 0.3) is 0 Å². The minimum Gasteiger partial charge on any atom is -0.461 e. The molecule has 0 bridgehead atoms. The zero-order valence-electron chi connectivity index (χ0n) is 8.70. The average molecular weight is 190 g/mol. The molecule has 4 heteroatoms. The van der Waals surface area contributed by atoms with Gasteiger partial charge < -0.3 is 14.2 Å². The van der Waals surface area contributed by atoms with E-state index in [1.807, 2.05) is 13.8 Å². The van der Waals surface area contributed by atoms with Crippen LogP contribution in [-0.2, 0) is 19.0 Å². The van der Waals surface area contributed by atoms with Crippen LogP contribution in [0.15, 0.2) is 0 Å². The Bertz CT molecular complexity index is 147. The topological polar surface area (TPSA) is 44.8 Å². The van der Waals surface area contributed by atoms with Gasteiger partial charge in [0.15, 0.2) is 6.10 Å². The lowest BCUT2D eigenvalue weighted by atomic mass is 10.4. The van der Waals surface area contributed by atoms with Gasteiger partial charge in [-0.15, -0.1) is 0 Å². The number of ether oxygens (including phenoxy) is 3. The monoisotopic (exact) mass is 190 g/mol. The molecule has 0 spiro atoms.